The predicted molar refractivity (Wildman–Crippen MR) is 95.6 cm³/mol. The van der Waals surface area contributed by atoms with Crippen LogP contribution in [-0.2, 0) is 0 Å². The van der Waals surface area contributed by atoms with Gasteiger partial charge in [-0.05, 0) is 36.8 Å². The Morgan fingerprint density at radius 1 is 1.12 bits per heavy atom. The van der Waals surface area contributed by atoms with Crippen LogP contribution in [-0.4, -0.2) is 10.1 Å². The third-order valence-electron chi connectivity index (χ3n) is 3.35. The molecule has 1 N–H and O–H groups in total. The van der Waals surface area contributed by atoms with Crippen molar-refractivity contribution in [2.24, 2.45) is 0 Å². The third kappa shape index (κ3) is 3.15. The van der Waals surface area contributed by atoms with Crippen LogP contribution < -0.4 is 4.74 Å². The zero-order chi connectivity index (χ0) is 17.4. The summed E-state index contributed by atoms with van der Waals surface area (Å²) < 4.78 is 13.7. The topological polar surface area (TPSA) is 50.2 Å². The Kier molecular flexibility index (Phi) is 4.58. The van der Waals surface area contributed by atoms with Gasteiger partial charge in [-0.3, -0.25) is 4.79 Å². The van der Waals surface area contributed by atoms with Crippen LogP contribution in [0.4, 0.5) is 4.39 Å². The minimum atomic E-state index is -0.680. The van der Waals surface area contributed by atoms with Gasteiger partial charge in [0.1, 0.15) is 16.4 Å². The van der Waals surface area contributed by atoms with E-state index in [9.17, 15) is 14.3 Å². The molecule has 0 aliphatic rings. The molecule has 1 aromatic heterocycles. The molecule has 7 heteroatoms. The molecule has 0 bridgehead atoms. The minimum Gasteiger partial charge on any atom is -0.493 e. The molecule has 0 amide bonds. The van der Waals surface area contributed by atoms with Crippen LogP contribution in [0, 0.1) is 12.7 Å². The molecule has 24 heavy (non-hydrogen) atoms. The first kappa shape index (κ1) is 16.9. The van der Waals surface area contributed by atoms with E-state index in [4.69, 9.17) is 23.2 Å². The number of nitrogens with zero attached hydrogens (tertiary/aromatic N) is 1. The smallest absolute Gasteiger partial charge is 0.247 e. The van der Waals surface area contributed by atoms with E-state index in [2.05, 4.69) is 4.98 Å². The highest BCUT2D eigenvalue weighted by Crippen LogP contribution is 2.36. The van der Waals surface area contributed by atoms with Crippen molar-refractivity contribution in [1.29, 1.82) is 0 Å². The normalized spacial score (nSPS) is 10.8. The first-order valence-corrected chi connectivity index (χ1v) is 8.40. The maximum atomic E-state index is 14.3. The van der Waals surface area contributed by atoms with Gasteiger partial charge in [-0.1, -0.05) is 46.7 Å². The fourth-order valence-corrected chi connectivity index (χ4v) is 3.61. The summed E-state index contributed by atoms with van der Waals surface area (Å²) in [4.78, 5) is 16.5. The standard InChI is InChI=1S/C17H10Cl2FNO2S/c1-8-6-11(19)13(12(20)7-8)14-15(22)21-16(24-17(14)23)9-2-4-10(18)5-3-9/h2-7,22H,1H3. The van der Waals surface area contributed by atoms with Gasteiger partial charge in [0.25, 0.3) is 0 Å². The molecule has 0 spiro atoms. The van der Waals surface area contributed by atoms with Gasteiger partial charge in [0.2, 0.25) is 10.6 Å². The number of aromatic nitrogens is 1. The monoisotopic (exact) mass is 381 g/mol. The first-order chi connectivity index (χ1) is 11.4. The van der Waals surface area contributed by atoms with E-state index >= 15 is 0 Å². The lowest BCUT2D eigenvalue weighted by Crippen LogP contribution is -2.04. The number of benzene rings is 2. The van der Waals surface area contributed by atoms with Gasteiger partial charge in [-0.2, -0.15) is 0 Å². The molecule has 0 aliphatic carbocycles. The molecule has 0 radical (unpaired) electrons. The third-order valence-corrected chi connectivity index (χ3v) is 4.81. The molecule has 2 aromatic carbocycles. The second kappa shape index (κ2) is 6.51. The second-order valence-corrected chi connectivity index (χ2v) is 6.92. The van der Waals surface area contributed by atoms with Crippen LogP contribution in [0.3, 0.4) is 0 Å². The lowest BCUT2D eigenvalue weighted by atomic mass is 10.1. The molecular weight excluding hydrogens is 372 g/mol. The summed E-state index contributed by atoms with van der Waals surface area (Å²) >= 11 is 12.7. The van der Waals surface area contributed by atoms with Gasteiger partial charge in [0, 0.05) is 16.1 Å². The van der Waals surface area contributed by atoms with E-state index < -0.39 is 16.4 Å². The zero-order valence-corrected chi connectivity index (χ0v) is 14.6. The van der Waals surface area contributed by atoms with Crippen LogP contribution in [0.2, 0.25) is 10.0 Å². The van der Waals surface area contributed by atoms with Crippen molar-refractivity contribution in [2.75, 3.05) is 0 Å². The molecule has 0 fully saturated rings. The quantitative estimate of drug-likeness (QED) is 0.655. The fraction of sp³-hybridized carbons (Fsp3) is 0.0588. The van der Waals surface area contributed by atoms with Crippen molar-refractivity contribution in [3.8, 4) is 27.6 Å². The summed E-state index contributed by atoms with van der Waals surface area (Å²) in [5.74, 6) is -1.24. The summed E-state index contributed by atoms with van der Waals surface area (Å²) in [5.41, 5.74) is 0.859. The molecule has 1 heterocycles. The molecule has 122 valence electrons. The van der Waals surface area contributed by atoms with E-state index in [1.807, 2.05) is 0 Å². The Labute approximate surface area is 151 Å². The molecule has 0 atom stereocenters. The van der Waals surface area contributed by atoms with Gasteiger partial charge in [0.15, 0.2) is 0 Å². The first-order valence-electron chi connectivity index (χ1n) is 6.83. The Hall–Kier alpha value is -1.95. The van der Waals surface area contributed by atoms with E-state index in [1.165, 1.54) is 12.1 Å². The molecule has 3 aromatic rings. The van der Waals surface area contributed by atoms with Crippen molar-refractivity contribution in [2.45, 2.75) is 6.92 Å². The van der Waals surface area contributed by atoms with E-state index in [-0.39, 0.29) is 16.1 Å². The van der Waals surface area contributed by atoms with Gasteiger partial charge < -0.3 is 5.11 Å². The average Bonchev–Trinajstić information content (AvgIpc) is 2.49. The Bertz CT molecular complexity index is 964. The van der Waals surface area contributed by atoms with Crippen molar-refractivity contribution in [1.82, 2.24) is 4.98 Å². The highest BCUT2D eigenvalue weighted by Gasteiger charge is 2.21. The van der Waals surface area contributed by atoms with Gasteiger partial charge in [-0.15, -0.1) is 0 Å². The van der Waals surface area contributed by atoms with Crippen LogP contribution >= 0.6 is 34.5 Å². The van der Waals surface area contributed by atoms with Crippen molar-refractivity contribution in [3.63, 3.8) is 0 Å². The van der Waals surface area contributed by atoms with E-state index in [1.54, 1.807) is 31.2 Å². The van der Waals surface area contributed by atoms with Crippen molar-refractivity contribution in [3.05, 3.63) is 67.4 Å². The fourth-order valence-electron chi connectivity index (χ4n) is 2.27. The summed E-state index contributed by atoms with van der Waals surface area (Å²) in [6.45, 7) is 1.68. The summed E-state index contributed by atoms with van der Waals surface area (Å²) in [7, 11) is 0. The number of hydrogen-bond donors (Lipinski definition) is 1. The zero-order valence-electron chi connectivity index (χ0n) is 12.3. The number of halogens is 3. The van der Waals surface area contributed by atoms with Crippen molar-refractivity contribution < 1.29 is 9.50 Å². The summed E-state index contributed by atoms with van der Waals surface area (Å²) in [5, 5.41) is 11.1. The van der Waals surface area contributed by atoms with E-state index in [0.29, 0.717) is 21.2 Å². The highest BCUT2D eigenvalue weighted by molar-refractivity contribution is 7.12. The van der Waals surface area contributed by atoms with Crippen molar-refractivity contribution >= 4 is 34.5 Å². The Morgan fingerprint density at radius 3 is 2.38 bits per heavy atom. The van der Waals surface area contributed by atoms with Crippen LogP contribution in [0.1, 0.15) is 5.56 Å². The lowest BCUT2D eigenvalue weighted by Gasteiger charge is -2.09. The molecule has 0 saturated heterocycles. The van der Waals surface area contributed by atoms with Gasteiger partial charge in [0.05, 0.1) is 5.02 Å². The highest BCUT2D eigenvalue weighted by atomic mass is 35.5. The number of aryl methyl sites for hydroxylation is 1. The molecule has 3 nitrogen and oxygen atoms in total. The Morgan fingerprint density at radius 2 is 1.79 bits per heavy atom. The second-order valence-electron chi connectivity index (χ2n) is 5.12. The SMILES string of the molecule is Cc1cc(F)c(-c2c(O)nc(-c3ccc(Cl)cc3)sc2=O)c(Cl)c1. The molecule has 3 rings (SSSR count). The molecule has 0 unspecified atom stereocenters. The maximum absolute atomic E-state index is 14.3. The largest absolute Gasteiger partial charge is 0.493 e. The molecule has 0 saturated carbocycles. The maximum Gasteiger partial charge on any atom is 0.247 e. The molecular formula is C17H10Cl2FNO2S. The average molecular weight is 382 g/mol. The predicted octanol–water partition coefficient (Wildman–Crippen LogP) is 5.30. The lowest BCUT2D eigenvalue weighted by molar-refractivity contribution is 0.456. The number of hydrogen-bond acceptors (Lipinski definition) is 4. The van der Waals surface area contributed by atoms with Gasteiger partial charge in [-0.25, -0.2) is 9.37 Å². The van der Waals surface area contributed by atoms with Gasteiger partial charge >= 0.3 is 0 Å². The number of rotatable bonds is 2. The minimum absolute atomic E-state index is 0.0492. The summed E-state index contributed by atoms with van der Waals surface area (Å²) in [6, 6.07) is 9.43. The number of aromatic hydroxyl groups is 1. The van der Waals surface area contributed by atoms with Crippen LogP contribution in [0.25, 0.3) is 21.7 Å². The molecule has 0 aliphatic heterocycles. The summed E-state index contributed by atoms with van der Waals surface area (Å²) in [6.07, 6.45) is 0. The van der Waals surface area contributed by atoms with Crippen LogP contribution in [0.5, 0.6) is 5.88 Å². The Balaban J connectivity index is 2.19. The van der Waals surface area contributed by atoms with E-state index in [0.717, 1.165) is 11.3 Å². The van der Waals surface area contributed by atoms with Crippen LogP contribution in [0.15, 0.2) is 41.2 Å².